The molecule has 1 aliphatic rings. The van der Waals surface area contributed by atoms with Crippen molar-refractivity contribution in [2.45, 2.75) is 6.54 Å². The molecule has 1 aliphatic heterocycles. The number of hydrogen-bond acceptors (Lipinski definition) is 4. The molecule has 0 unspecified atom stereocenters. The van der Waals surface area contributed by atoms with E-state index in [9.17, 15) is 0 Å². The average Bonchev–Trinajstić information content (AvgIpc) is 2.80. The molecule has 0 amide bonds. The van der Waals surface area contributed by atoms with Crippen molar-refractivity contribution in [2.75, 3.05) is 45.2 Å². The molecule has 2 heterocycles. The number of methoxy groups -OCH3 is 1. The van der Waals surface area contributed by atoms with Crippen molar-refractivity contribution in [1.82, 2.24) is 15.2 Å². The topological polar surface area (TPSA) is 53.0 Å². The van der Waals surface area contributed by atoms with Crippen LogP contribution >= 0.6 is 0 Å². The van der Waals surface area contributed by atoms with Crippen LogP contribution in [0.5, 0.6) is 5.75 Å². The minimum absolute atomic E-state index is 0.702. The van der Waals surface area contributed by atoms with E-state index in [-0.39, 0.29) is 0 Å². The monoisotopic (exact) mass is 389 g/mol. The summed E-state index contributed by atoms with van der Waals surface area (Å²) in [7, 11) is 3.57. The molecular formula is C23H27N5O. The number of nitrogens with zero attached hydrogens (tertiary/aromatic N) is 4. The number of aromatic nitrogens is 1. The van der Waals surface area contributed by atoms with Gasteiger partial charge in [-0.1, -0.05) is 36.4 Å². The normalized spacial score (nSPS) is 14.9. The molecule has 1 N–H and O–H groups in total. The van der Waals surface area contributed by atoms with E-state index in [4.69, 9.17) is 4.74 Å². The number of guanidine groups is 1. The van der Waals surface area contributed by atoms with Gasteiger partial charge in [-0.3, -0.25) is 9.98 Å². The number of piperazine rings is 1. The second kappa shape index (κ2) is 8.82. The van der Waals surface area contributed by atoms with Crippen LogP contribution in [0.2, 0.25) is 0 Å². The Hall–Kier alpha value is -3.28. The van der Waals surface area contributed by atoms with Crippen LogP contribution < -0.4 is 15.0 Å². The Kier molecular flexibility index (Phi) is 5.79. The van der Waals surface area contributed by atoms with Crippen LogP contribution in [0.15, 0.2) is 65.8 Å². The lowest BCUT2D eigenvalue weighted by Gasteiger charge is -2.38. The number of pyridine rings is 1. The lowest BCUT2D eigenvalue weighted by atomic mass is 10.1. The van der Waals surface area contributed by atoms with Crippen LogP contribution in [0, 0.1) is 0 Å². The summed E-state index contributed by atoms with van der Waals surface area (Å²) in [6.07, 6.45) is 1.84. The van der Waals surface area contributed by atoms with E-state index in [0.717, 1.165) is 54.5 Å². The molecule has 6 nitrogen and oxygen atoms in total. The van der Waals surface area contributed by atoms with Gasteiger partial charge >= 0.3 is 0 Å². The van der Waals surface area contributed by atoms with E-state index in [2.05, 4.69) is 61.5 Å². The van der Waals surface area contributed by atoms with Gasteiger partial charge in [-0.05, 0) is 23.8 Å². The van der Waals surface area contributed by atoms with Gasteiger partial charge < -0.3 is 19.9 Å². The summed E-state index contributed by atoms with van der Waals surface area (Å²) in [5.74, 6) is 1.85. The summed E-state index contributed by atoms with van der Waals surface area (Å²) in [6.45, 7) is 4.37. The van der Waals surface area contributed by atoms with Crippen LogP contribution in [-0.4, -0.2) is 56.2 Å². The second-order valence-electron chi connectivity index (χ2n) is 7.04. The van der Waals surface area contributed by atoms with E-state index < -0.39 is 0 Å². The van der Waals surface area contributed by atoms with Crippen molar-refractivity contribution < 1.29 is 4.74 Å². The summed E-state index contributed by atoms with van der Waals surface area (Å²) in [5, 5.41) is 4.68. The summed E-state index contributed by atoms with van der Waals surface area (Å²) < 4.78 is 5.52. The molecule has 0 atom stereocenters. The van der Waals surface area contributed by atoms with Gasteiger partial charge in [0.25, 0.3) is 0 Å². The zero-order chi connectivity index (χ0) is 20.1. The highest BCUT2D eigenvalue weighted by atomic mass is 16.5. The number of ether oxygens (including phenoxy) is 1. The minimum atomic E-state index is 0.702. The smallest absolute Gasteiger partial charge is 0.194 e. The molecule has 1 fully saturated rings. The highest BCUT2D eigenvalue weighted by Gasteiger charge is 2.21. The molecule has 4 rings (SSSR count). The number of nitrogens with one attached hydrogen (secondary N) is 1. The van der Waals surface area contributed by atoms with Gasteiger partial charge in [0, 0.05) is 51.4 Å². The number of rotatable bonds is 4. The predicted octanol–water partition coefficient (Wildman–Crippen LogP) is 3.14. The van der Waals surface area contributed by atoms with Crippen LogP contribution in [0.25, 0.3) is 10.9 Å². The Morgan fingerprint density at radius 2 is 1.83 bits per heavy atom. The van der Waals surface area contributed by atoms with Gasteiger partial charge in [0.2, 0.25) is 0 Å². The lowest BCUT2D eigenvalue weighted by Crippen LogP contribution is -2.52. The van der Waals surface area contributed by atoms with Crippen LogP contribution in [-0.2, 0) is 6.54 Å². The first-order valence-corrected chi connectivity index (χ1v) is 9.96. The first kappa shape index (κ1) is 19.1. The highest BCUT2D eigenvalue weighted by Crippen LogP contribution is 2.28. The standard InChI is InChI=1S/C23H27N5O/c1-24-23(26-17-19-8-5-7-18-9-6-12-25-22(18)19)28-15-13-27(14-16-28)20-10-3-4-11-21(20)29-2/h3-12H,13-17H2,1-2H3,(H,24,26). The Morgan fingerprint density at radius 1 is 1.03 bits per heavy atom. The van der Waals surface area contributed by atoms with Gasteiger partial charge in [-0.15, -0.1) is 0 Å². The molecule has 2 aromatic carbocycles. The zero-order valence-electron chi connectivity index (χ0n) is 17.0. The van der Waals surface area contributed by atoms with Crippen molar-refractivity contribution in [2.24, 2.45) is 4.99 Å². The number of hydrogen-bond donors (Lipinski definition) is 1. The average molecular weight is 390 g/mol. The molecule has 0 radical (unpaired) electrons. The van der Waals surface area contributed by atoms with Gasteiger partial charge in [-0.2, -0.15) is 0 Å². The largest absolute Gasteiger partial charge is 0.495 e. The predicted molar refractivity (Wildman–Crippen MR) is 119 cm³/mol. The van der Waals surface area contributed by atoms with E-state index in [1.54, 1.807) is 7.11 Å². The highest BCUT2D eigenvalue weighted by molar-refractivity contribution is 5.83. The maximum Gasteiger partial charge on any atom is 0.194 e. The molecule has 1 saturated heterocycles. The number of benzene rings is 2. The lowest BCUT2D eigenvalue weighted by molar-refractivity contribution is 0.367. The Labute approximate surface area is 171 Å². The SMILES string of the molecule is CN=C(NCc1cccc2cccnc12)N1CCN(c2ccccc2OC)CC1. The fraction of sp³-hybridized carbons (Fsp3) is 0.304. The van der Waals surface area contributed by atoms with Crippen molar-refractivity contribution in [3.8, 4) is 5.75 Å². The molecule has 0 saturated carbocycles. The third-order valence-electron chi connectivity index (χ3n) is 5.37. The molecule has 29 heavy (non-hydrogen) atoms. The van der Waals surface area contributed by atoms with E-state index in [1.165, 1.54) is 5.56 Å². The van der Waals surface area contributed by atoms with Gasteiger partial charge in [0.1, 0.15) is 5.75 Å². The summed E-state index contributed by atoms with van der Waals surface area (Å²) >= 11 is 0. The molecule has 0 bridgehead atoms. The second-order valence-corrected chi connectivity index (χ2v) is 7.04. The summed E-state index contributed by atoms with van der Waals surface area (Å²) in [4.78, 5) is 13.7. The van der Waals surface area contributed by atoms with Gasteiger partial charge in [0.15, 0.2) is 5.96 Å². The molecule has 1 aromatic heterocycles. The Balaban J connectivity index is 1.40. The fourth-order valence-corrected chi connectivity index (χ4v) is 3.87. The summed E-state index contributed by atoms with van der Waals surface area (Å²) in [5.41, 5.74) is 3.37. The van der Waals surface area contributed by atoms with Crippen molar-refractivity contribution in [3.05, 3.63) is 66.4 Å². The number of aliphatic imine (C=N–C) groups is 1. The molecule has 150 valence electrons. The molecule has 0 spiro atoms. The maximum atomic E-state index is 5.52. The Bertz CT molecular complexity index is 990. The minimum Gasteiger partial charge on any atom is -0.495 e. The van der Waals surface area contributed by atoms with Crippen molar-refractivity contribution >= 4 is 22.5 Å². The van der Waals surface area contributed by atoms with E-state index in [0.29, 0.717) is 6.54 Å². The first-order valence-electron chi connectivity index (χ1n) is 9.96. The van der Waals surface area contributed by atoms with Crippen LogP contribution in [0.4, 0.5) is 5.69 Å². The molecule has 6 heteroatoms. The molecule has 0 aliphatic carbocycles. The third kappa shape index (κ3) is 4.11. The van der Waals surface area contributed by atoms with Gasteiger partial charge in [-0.25, -0.2) is 0 Å². The van der Waals surface area contributed by atoms with E-state index >= 15 is 0 Å². The van der Waals surface area contributed by atoms with Crippen molar-refractivity contribution in [3.63, 3.8) is 0 Å². The third-order valence-corrected chi connectivity index (χ3v) is 5.37. The fourth-order valence-electron chi connectivity index (χ4n) is 3.87. The Morgan fingerprint density at radius 3 is 2.62 bits per heavy atom. The number of para-hydroxylation sites is 3. The van der Waals surface area contributed by atoms with Crippen LogP contribution in [0.3, 0.4) is 0 Å². The van der Waals surface area contributed by atoms with Crippen LogP contribution in [0.1, 0.15) is 5.56 Å². The van der Waals surface area contributed by atoms with E-state index in [1.807, 2.05) is 31.4 Å². The van der Waals surface area contributed by atoms with Crippen molar-refractivity contribution in [1.29, 1.82) is 0 Å². The first-order chi connectivity index (χ1) is 14.3. The number of anilines is 1. The molecule has 3 aromatic rings. The molecular weight excluding hydrogens is 362 g/mol. The summed E-state index contributed by atoms with van der Waals surface area (Å²) in [6, 6.07) is 18.6. The zero-order valence-corrected chi connectivity index (χ0v) is 17.0. The maximum absolute atomic E-state index is 5.52. The number of fused-ring (bicyclic) bond motifs is 1. The quantitative estimate of drug-likeness (QED) is 0.549. The van der Waals surface area contributed by atoms with Gasteiger partial charge in [0.05, 0.1) is 18.3 Å².